The molecule has 0 aliphatic carbocycles. The van der Waals surface area contributed by atoms with E-state index in [1.807, 2.05) is 6.92 Å². The average molecular weight is 341 g/mol. The Morgan fingerprint density at radius 3 is 2.09 bits per heavy atom. The Morgan fingerprint density at radius 1 is 1.27 bits per heavy atom. The molecule has 1 N–H and O–H groups in total. The minimum atomic E-state index is -0.875. The maximum atomic E-state index is 10.3. The Balaban J connectivity index is 0.000001000. The van der Waals surface area contributed by atoms with Gasteiger partial charge in [-0.15, -0.1) is 0 Å². The molecular formula is C8H8O2Tl. The number of hydrogen-bond donors (Lipinski definition) is 1. The summed E-state index contributed by atoms with van der Waals surface area (Å²) in [6, 6.07) is 6.75. The fourth-order valence-electron chi connectivity index (χ4n) is 0.696. The molecule has 0 aliphatic heterocycles. The van der Waals surface area contributed by atoms with Crippen molar-refractivity contribution in [3.8, 4) is 0 Å². The SMILES string of the molecule is Cc1ccc(C(=O)O)cc1.[Tl]. The van der Waals surface area contributed by atoms with Gasteiger partial charge in [-0.05, 0) is 19.1 Å². The van der Waals surface area contributed by atoms with Crippen molar-refractivity contribution in [3.63, 3.8) is 0 Å². The second kappa shape index (κ2) is 4.48. The fraction of sp³-hybridized carbons (Fsp3) is 0.125. The average Bonchev–Trinajstić information content (AvgIpc) is 1.88. The van der Waals surface area contributed by atoms with Crippen molar-refractivity contribution < 1.29 is 9.90 Å². The van der Waals surface area contributed by atoms with Crippen LogP contribution in [0.1, 0.15) is 15.9 Å². The van der Waals surface area contributed by atoms with Crippen molar-refractivity contribution in [2.24, 2.45) is 0 Å². The molecule has 0 heterocycles. The van der Waals surface area contributed by atoms with E-state index in [2.05, 4.69) is 0 Å². The Morgan fingerprint density at radius 2 is 1.73 bits per heavy atom. The predicted octanol–water partition coefficient (Wildman–Crippen LogP) is 1.31. The first kappa shape index (κ1) is 10.6. The van der Waals surface area contributed by atoms with E-state index in [1.54, 1.807) is 24.3 Å². The summed E-state index contributed by atoms with van der Waals surface area (Å²) in [5, 5.41) is 8.48. The molecule has 0 aromatic heterocycles. The number of carboxylic acids is 1. The van der Waals surface area contributed by atoms with E-state index in [4.69, 9.17) is 5.11 Å². The van der Waals surface area contributed by atoms with Gasteiger partial charge in [0.05, 0.1) is 5.56 Å². The summed E-state index contributed by atoms with van der Waals surface area (Å²) in [6.45, 7) is 1.92. The number of aromatic carboxylic acids is 1. The topological polar surface area (TPSA) is 37.3 Å². The van der Waals surface area contributed by atoms with E-state index in [0.717, 1.165) is 5.56 Å². The number of rotatable bonds is 1. The quantitative estimate of drug-likeness (QED) is 0.783. The smallest absolute Gasteiger partial charge is 0.335 e. The van der Waals surface area contributed by atoms with Crippen LogP contribution in [0, 0.1) is 6.92 Å². The van der Waals surface area contributed by atoms with E-state index in [-0.39, 0.29) is 27.3 Å². The summed E-state index contributed by atoms with van der Waals surface area (Å²) in [5.41, 5.74) is 1.41. The van der Waals surface area contributed by atoms with Gasteiger partial charge in [0.1, 0.15) is 0 Å². The molecule has 0 amide bonds. The van der Waals surface area contributed by atoms with Gasteiger partial charge < -0.3 is 5.11 Å². The first-order valence-corrected chi connectivity index (χ1v) is 3.00. The van der Waals surface area contributed by atoms with Gasteiger partial charge in [0.15, 0.2) is 0 Å². The molecule has 1 radical (unpaired) electrons. The molecule has 2 nitrogen and oxygen atoms in total. The normalized spacial score (nSPS) is 8.45. The predicted molar refractivity (Wildman–Crippen MR) is 43.9 cm³/mol. The zero-order chi connectivity index (χ0) is 7.56. The number of aryl methyl sites for hydroxylation is 1. The van der Waals surface area contributed by atoms with Crippen LogP contribution in [-0.4, -0.2) is 38.4 Å². The molecule has 0 unspecified atom stereocenters. The molecule has 1 aromatic carbocycles. The van der Waals surface area contributed by atoms with Crippen LogP contribution in [0.2, 0.25) is 0 Å². The Kier molecular flexibility index (Phi) is 4.32. The molecule has 0 spiro atoms. The van der Waals surface area contributed by atoms with E-state index in [1.165, 1.54) is 0 Å². The Bertz CT molecular complexity index is 241. The molecule has 1 aromatic rings. The molecule has 0 bridgehead atoms. The van der Waals surface area contributed by atoms with Crippen LogP contribution in [0.15, 0.2) is 24.3 Å². The van der Waals surface area contributed by atoms with Crippen molar-refractivity contribution in [3.05, 3.63) is 35.4 Å². The minimum absolute atomic E-state index is 0. The monoisotopic (exact) mass is 341 g/mol. The summed E-state index contributed by atoms with van der Waals surface area (Å²) < 4.78 is 0. The van der Waals surface area contributed by atoms with E-state index >= 15 is 0 Å². The minimum Gasteiger partial charge on any atom is -0.478 e. The summed E-state index contributed by atoms with van der Waals surface area (Å²) >= 11 is 0. The summed E-state index contributed by atoms with van der Waals surface area (Å²) in [5.74, 6) is -0.875. The van der Waals surface area contributed by atoms with Crippen LogP contribution in [-0.2, 0) is 0 Å². The van der Waals surface area contributed by atoms with Gasteiger partial charge in [0.2, 0.25) is 0 Å². The van der Waals surface area contributed by atoms with Crippen LogP contribution >= 0.6 is 0 Å². The van der Waals surface area contributed by atoms with Gasteiger partial charge in [-0.25, -0.2) is 4.79 Å². The van der Waals surface area contributed by atoms with Gasteiger partial charge in [-0.3, -0.25) is 0 Å². The van der Waals surface area contributed by atoms with E-state index in [0.29, 0.717) is 5.56 Å². The largest absolute Gasteiger partial charge is 0.478 e. The van der Waals surface area contributed by atoms with Crippen LogP contribution < -0.4 is 0 Å². The van der Waals surface area contributed by atoms with Crippen molar-refractivity contribution in [2.75, 3.05) is 0 Å². The molecule has 0 atom stereocenters. The van der Waals surface area contributed by atoms with Gasteiger partial charge in [0.25, 0.3) is 0 Å². The van der Waals surface area contributed by atoms with Crippen molar-refractivity contribution in [1.29, 1.82) is 0 Å². The fourth-order valence-corrected chi connectivity index (χ4v) is 0.696. The van der Waals surface area contributed by atoms with E-state index < -0.39 is 5.97 Å². The number of benzene rings is 1. The molecule has 0 aliphatic rings. The first-order chi connectivity index (χ1) is 4.70. The van der Waals surface area contributed by atoms with E-state index in [9.17, 15) is 4.79 Å². The van der Waals surface area contributed by atoms with Gasteiger partial charge in [0, 0.05) is 27.3 Å². The molecule has 3 heteroatoms. The van der Waals surface area contributed by atoms with Crippen molar-refractivity contribution >= 4 is 33.3 Å². The first-order valence-electron chi connectivity index (χ1n) is 3.00. The maximum absolute atomic E-state index is 10.3. The molecular weight excluding hydrogens is 332 g/mol. The Labute approximate surface area is 85.4 Å². The third-order valence-corrected chi connectivity index (χ3v) is 1.30. The number of hydrogen-bond acceptors (Lipinski definition) is 1. The second-order valence-corrected chi connectivity index (χ2v) is 2.17. The van der Waals surface area contributed by atoms with Gasteiger partial charge in [-0.1, -0.05) is 17.7 Å². The van der Waals surface area contributed by atoms with Gasteiger partial charge in [-0.2, -0.15) is 0 Å². The molecule has 1 rings (SSSR count). The number of carboxylic acid groups (broad SMARTS) is 1. The van der Waals surface area contributed by atoms with Crippen LogP contribution in [0.4, 0.5) is 0 Å². The van der Waals surface area contributed by atoms with Gasteiger partial charge >= 0.3 is 5.97 Å². The van der Waals surface area contributed by atoms with Crippen molar-refractivity contribution in [2.45, 2.75) is 6.92 Å². The summed E-state index contributed by atoms with van der Waals surface area (Å²) in [4.78, 5) is 10.3. The molecule has 0 saturated carbocycles. The summed E-state index contributed by atoms with van der Waals surface area (Å²) in [6.07, 6.45) is 0. The van der Waals surface area contributed by atoms with Crippen LogP contribution in [0.3, 0.4) is 0 Å². The molecule has 0 fully saturated rings. The van der Waals surface area contributed by atoms with Crippen LogP contribution in [0.5, 0.6) is 0 Å². The molecule has 0 saturated heterocycles. The Hall–Kier alpha value is -0.388. The maximum Gasteiger partial charge on any atom is 0.335 e. The zero-order valence-electron chi connectivity index (χ0n) is 6.24. The third-order valence-electron chi connectivity index (χ3n) is 1.30. The standard InChI is InChI=1S/C8H8O2.Tl/c1-6-2-4-7(5-3-6)8(9)10;/h2-5H,1H3,(H,9,10);. The zero-order valence-corrected chi connectivity index (χ0v) is 10.7. The molecule has 11 heavy (non-hydrogen) atoms. The number of carbonyl (C=O) groups is 1. The summed E-state index contributed by atoms with van der Waals surface area (Å²) in [7, 11) is 0. The second-order valence-electron chi connectivity index (χ2n) is 2.17. The third kappa shape index (κ3) is 3.01. The van der Waals surface area contributed by atoms with Crippen LogP contribution in [0.25, 0.3) is 0 Å². The molecule has 55 valence electrons. The van der Waals surface area contributed by atoms with Crippen molar-refractivity contribution in [1.82, 2.24) is 0 Å².